The number of alkyl halides is 3. The molecule has 12 heteroatoms. The molecule has 2 aromatic heterocycles. The first-order valence-electron chi connectivity index (χ1n) is 9.77. The van der Waals surface area contributed by atoms with Crippen molar-refractivity contribution >= 4 is 47.1 Å². The first kappa shape index (κ1) is 25.6. The molecule has 1 saturated heterocycles. The molecule has 0 bridgehead atoms. The summed E-state index contributed by atoms with van der Waals surface area (Å²) < 4.78 is 38.0. The Balaban J connectivity index is 0.00000341. The van der Waals surface area contributed by atoms with Crippen LogP contribution in [0.25, 0.3) is 0 Å². The van der Waals surface area contributed by atoms with Gasteiger partial charge in [-0.05, 0) is 25.6 Å². The molecule has 31 heavy (non-hydrogen) atoms. The summed E-state index contributed by atoms with van der Waals surface area (Å²) in [7, 11) is 2.12. The van der Waals surface area contributed by atoms with E-state index in [0.717, 1.165) is 54.3 Å². The molecule has 1 fully saturated rings. The van der Waals surface area contributed by atoms with Gasteiger partial charge >= 0.3 is 6.18 Å². The third-order valence-corrected chi connectivity index (χ3v) is 5.50. The minimum Gasteiger partial charge on any atom is -0.357 e. The number of likely N-dealkylation sites (N-methyl/N-ethyl adjacent to an activating group) is 1. The van der Waals surface area contributed by atoms with Gasteiger partial charge in [0.15, 0.2) is 11.7 Å². The molecule has 0 spiro atoms. The number of hydrogen-bond donors (Lipinski definition) is 2. The molecule has 0 aromatic carbocycles. The third-order valence-electron chi connectivity index (χ3n) is 4.65. The zero-order chi connectivity index (χ0) is 21.6. The molecular weight excluding hydrogens is 542 g/mol. The van der Waals surface area contributed by atoms with E-state index in [4.69, 9.17) is 0 Å². The van der Waals surface area contributed by atoms with Crippen LogP contribution in [-0.4, -0.2) is 60.6 Å². The van der Waals surface area contributed by atoms with E-state index in [1.54, 1.807) is 0 Å². The summed E-state index contributed by atoms with van der Waals surface area (Å²) in [5, 5.41) is 7.49. The standard InChI is InChI=1S/C19H26F3N7S.HI/c1-3-23-18(26-12-17-27-15(13-30-17)19(20,21)22)25-11-14-4-5-16(24-10-14)29-8-6-28(2)7-9-29;/h4-5,10,13H,3,6-9,11-12H2,1-2H3,(H2,23,25,26);1H. The lowest BCUT2D eigenvalue weighted by molar-refractivity contribution is -0.140. The first-order valence-corrected chi connectivity index (χ1v) is 10.7. The fourth-order valence-corrected chi connectivity index (χ4v) is 3.67. The van der Waals surface area contributed by atoms with Gasteiger partial charge in [0.2, 0.25) is 0 Å². The maximum Gasteiger partial charge on any atom is 0.434 e. The van der Waals surface area contributed by atoms with Crippen molar-refractivity contribution in [3.63, 3.8) is 0 Å². The maximum atomic E-state index is 12.7. The Morgan fingerprint density at radius 1 is 1.19 bits per heavy atom. The topological polar surface area (TPSA) is 68.7 Å². The van der Waals surface area contributed by atoms with Gasteiger partial charge in [-0.2, -0.15) is 13.2 Å². The number of aliphatic imine (C=N–C) groups is 1. The SMILES string of the molecule is CCNC(=NCc1ccc(N2CCN(C)CC2)nc1)NCc1nc(C(F)(F)F)cs1.I. The fraction of sp³-hybridized carbons (Fsp3) is 0.526. The van der Waals surface area contributed by atoms with Crippen LogP contribution in [0.2, 0.25) is 0 Å². The minimum absolute atomic E-state index is 0. The number of piperazine rings is 1. The monoisotopic (exact) mass is 569 g/mol. The number of anilines is 1. The van der Waals surface area contributed by atoms with E-state index in [1.807, 2.05) is 25.3 Å². The number of halogens is 4. The van der Waals surface area contributed by atoms with Crippen molar-refractivity contribution in [3.8, 4) is 0 Å². The second kappa shape index (κ2) is 11.8. The van der Waals surface area contributed by atoms with Gasteiger partial charge in [0.25, 0.3) is 0 Å². The molecule has 0 saturated carbocycles. The summed E-state index contributed by atoms with van der Waals surface area (Å²) in [6, 6.07) is 4.01. The van der Waals surface area contributed by atoms with E-state index in [1.165, 1.54) is 0 Å². The van der Waals surface area contributed by atoms with Crippen LogP contribution >= 0.6 is 35.3 Å². The molecule has 0 amide bonds. The smallest absolute Gasteiger partial charge is 0.357 e. The van der Waals surface area contributed by atoms with Crippen LogP contribution < -0.4 is 15.5 Å². The largest absolute Gasteiger partial charge is 0.434 e. The Bertz CT molecular complexity index is 834. The maximum absolute atomic E-state index is 12.7. The average Bonchev–Trinajstić information content (AvgIpc) is 3.21. The molecule has 7 nitrogen and oxygen atoms in total. The number of thiazole rings is 1. The summed E-state index contributed by atoms with van der Waals surface area (Å²) >= 11 is 0.972. The van der Waals surface area contributed by atoms with Gasteiger partial charge in [0.05, 0.1) is 13.1 Å². The highest BCUT2D eigenvalue weighted by Crippen LogP contribution is 2.29. The van der Waals surface area contributed by atoms with Crippen LogP contribution in [-0.2, 0) is 19.3 Å². The Labute approximate surface area is 201 Å². The molecule has 1 aliphatic heterocycles. The highest BCUT2D eigenvalue weighted by molar-refractivity contribution is 14.0. The van der Waals surface area contributed by atoms with E-state index in [9.17, 15) is 13.2 Å². The highest BCUT2D eigenvalue weighted by Gasteiger charge is 2.33. The summed E-state index contributed by atoms with van der Waals surface area (Å²) in [6.45, 7) is 7.12. The van der Waals surface area contributed by atoms with E-state index in [-0.39, 0.29) is 30.5 Å². The fourth-order valence-electron chi connectivity index (χ4n) is 2.93. The van der Waals surface area contributed by atoms with E-state index >= 15 is 0 Å². The van der Waals surface area contributed by atoms with E-state index in [0.29, 0.717) is 24.1 Å². The number of pyridine rings is 1. The lowest BCUT2D eigenvalue weighted by Crippen LogP contribution is -2.44. The Morgan fingerprint density at radius 3 is 2.52 bits per heavy atom. The third kappa shape index (κ3) is 7.75. The van der Waals surface area contributed by atoms with Gasteiger partial charge in [-0.3, -0.25) is 0 Å². The van der Waals surface area contributed by atoms with Crippen molar-refractivity contribution in [1.82, 2.24) is 25.5 Å². The summed E-state index contributed by atoms with van der Waals surface area (Å²) in [4.78, 5) is 17.2. The highest BCUT2D eigenvalue weighted by atomic mass is 127. The summed E-state index contributed by atoms with van der Waals surface area (Å²) in [6.07, 6.45) is -2.60. The number of rotatable bonds is 6. The number of aromatic nitrogens is 2. The average molecular weight is 569 g/mol. The molecule has 2 N–H and O–H groups in total. The van der Waals surface area contributed by atoms with Crippen LogP contribution in [0.15, 0.2) is 28.7 Å². The van der Waals surface area contributed by atoms with Crippen LogP contribution in [0.1, 0.15) is 23.2 Å². The molecule has 3 heterocycles. The van der Waals surface area contributed by atoms with Gasteiger partial charge in [-0.15, -0.1) is 35.3 Å². The van der Waals surface area contributed by atoms with Gasteiger partial charge < -0.3 is 20.4 Å². The summed E-state index contributed by atoms with van der Waals surface area (Å²) in [5.74, 6) is 1.48. The molecule has 0 radical (unpaired) electrons. The molecule has 0 atom stereocenters. The van der Waals surface area contributed by atoms with Gasteiger partial charge in [-0.25, -0.2) is 15.0 Å². The Hall–Kier alpha value is -1.67. The molecule has 3 rings (SSSR count). The lowest BCUT2D eigenvalue weighted by atomic mass is 10.2. The van der Waals surface area contributed by atoms with Crippen molar-refractivity contribution in [2.45, 2.75) is 26.2 Å². The van der Waals surface area contributed by atoms with E-state index in [2.05, 4.69) is 42.4 Å². The number of hydrogen-bond acceptors (Lipinski definition) is 6. The molecular formula is C19H27F3IN7S. The summed E-state index contributed by atoms with van der Waals surface area (Å²) in [5.41, 5.74) is 0.0939. The van der Waals surface area contributed by atoms with Gasteiger partial charge in [-0.1, -0.05) is 6.07 Å². The van der Waals surface area contributed by atoms with Crippen LogP contribution in [0, 0.1) is 0 Å². The van der Waals surface area contributed by atoms with Crippen molar-refractivity contribution in [1.29, 1.82) is 0 Å². The number of nitrogens with zero attached hydrogens (tertiary/aromatic N) is 5. The second-order valence-corrected chi connectivity index (χ2v) is 7.93. The van der Waals surface area contributed by atoms with Gasteiger partial charge in [0.1, 0.15) is 10.8 Å². The van der Waals surface area contributed by atoms with Crippen molar-refractivity contribution < 1.29 is 13.2 Å². The molecule has 172 valence electrons. The first-order chi connectivity index (χ1) is 14.3. The number of nitrogens with one attached hydrogen (secondary N) is 2. The normalized spacial score (nSPS) is 15.5. The van der Waals surface area contributed by atoms with Gasteiger partial charge in [0, 0.05) is 44.3 Å². The quantitative estimate of drug-likeness (QED) is 0.317. The van der Waals surface area contributed by atoms with Crippen molar-refractivity contribution in [2.75, 3.05) is 44.7 Å². The minimum atomic E-state index is -4.42. The predicted octanol–water partition coefficient (Wildman–Crippen LogP) is 3.18. The van der Waals surface area contributed by atoms with Crippen LogP contribution in [0.3, 0.4) is 0 Å². The molecule has 0 aliphatic carbocycles. The zero-order valence-corrected chi connectivity index (χ0v) is 20.6. The molecule has 2 aromatic rings. The Morgan fingerprint density at radius 2 is 1.94 bits per heavy atom. The van der Waals surface area contributed by atoms with Crippen LogP contribution in [0.4, 0.5) is 19.0 Å². The predicted molar refractivity (Wildman–Crippen MR) is 128 cm³/mol. The number of guanidine groups is 1. The van der Waals surface area contributed by atoms with Crippen LogP contribution in [0.5, 0.6) is 0 Å². The van der Waals surface area contributed by atoms with E-state index < -0.39 is 11.9 Å². The Kier molecular flexibility index (Phi) is 9.75. The second-order valence-electron chi connectivity index (χ2n) is 6.99. The zero-order valence-electron chi connectivity index (χ0n) is 17.4. The lowest BCUT2D eigenvalue weighted by Gasteiger charge is -2.33. The molecule has 1 aliphatic rings. The van der Waals surface area contributed by atoms with Crippen molar-refractivity contribution in [2.24, 2.45) is 4.99 Å². The van der Waals surface area contributed by atoms with Crippen molar-refractivity contribution in [3.05, 3.63) is 40.0 Å². The molecule has 0 unspecified atom stereocenters.